The second-order valence-corrected chi connectivity index (χ2v) is 5.87. The van der Waals surface area contributed by atoms with E-state index in [1.54, 1.807) is 0 Å². The van der Waals surface area contributed by atoms with Gasteiger partial charge < -0.3 is 0 Å². The van der Waals surface area contributed by atoms with Gasteiger partial charge in [0.15, 0.2) is 0 Å². The van der Waals surface area contributed by atoms with Crippen LogP contribution in [0.3, 0.4) is 0 Å². The van der Waals surface area contributed by atoms with Crippen LogP contribution >= 0.6 is 0 Å². The van der Waals surface area contributed by atoms with Crippen LogP contribution in [-0.2, 0) is 0 Å². The molecule has 106 valence electrons. The highest BCUT2D eigenvalue weighted by molar-refractivity contribution is 5.55. The maximum absolute atomic E-state index is 4.54. The molecule has 1 saturated heterocycles. The van der Waals surface area contributed by atoms with Crippen LogP contribution in [0, 0.1) is 0 Å². The highest BCUT2D eigenvalue weighted by Gasteiger charge is 2.23. The number of hydrogen-bond donors (Lipinski definition) is 0. The molecule has 0 bridgehead atoms. The molecule has 0 unspecified atom stereocenters. The topological polar surface area (TPSA) is 34.0 Å². The van der Waals surface area contributed by atoms with E-state index in [1.165, 1.54) is 24.9 Å². The zero-order valence-corrected chi connectivity index (χ0v) is 12.5. The Hall–Kier alpha value is -1.68. The Kier molecular flexibility index (Phi) is 3.57. The summed E-state index contributed by atoms with van der Waals surface area (Å²) in [5, 5.41) is 4.40. The molecule has 0 N–H and O–H groups in total. The second kappa shape index (κ2) is 5.37. The third kappa shape index (κ3) is 2.36. The molecule has 2 aromatic rings. The molecular weight excluding hydrogens is 248 g/mol. The van der Waals surface area contributed by atoms with Crippen molar-refractivity contribution in [1.29, 1.82) is 0 Å². The highest BCUT2D eigenvalue weighted by atomic mass is 15.3. The summed E-state index contributed by atoms with van der Waals surface area (Å²) in [5.74, 6) is 0. The normalized spacial score (nSPS) is 19.9. The summed E-state index contributed by atoms with van der Waals surface area (Å²) in [6.45, 7) is 5.47. The first kappa shape index (κ1) is 13.3. The molecule has 0 saturated carbocycles. The number of rotatable bonds is 3. The van der Waals surface area contributed by atoms with Gasteiger partial charge in [0.25, 0.3) is 0 Å². The van der Waals surface area contributed by atoms with Crippen LogP contribution in [0.5, 0.6) is 0 Å². The Morgan fingerprint density at radius 2 is 2.10 bits per heavy atom. The molecule has 2 aromatic heterocycles. The van der Waals surface area contributed by atoms with Crippen molar-refractivity contribution in [3.63, 3.8) is 0 Å². The quantitative estimate of drug-likeness (QED) is 0.858. The van der Waals surface area contributed by atoms with Gasteiger partial charge in [0.1, 0.15) is 0 Å². The van der Waals surface area contributed by atoms with Gasteiger partial charge in [-0.3, -0.25) is 14.6 Å². The lowest BCUT2D eigenvalue weighted by Crippen LogP contribution is -2.17. The van der Waals surface area contributed by atoms with E-state index in [4.69, 9.17) is 0 Å². The van der Waals surface area contributed by atoms with Gasteiger partial charge >= 0.3 is 0 Å². The minimum atomic E-state index is 0.347. The third-order valence-electron chi connectivity index (χ3n) is 4.11. The first-order chi connectivity index (χ1) is 9.66. The van der Waals surface area contributed by atoms with Crippen molar-refractivity contribution >= 4 is 0 Å². The molecule has 20 heavy (non-hydrogen) atoms. The third-order valence-corrected chi connectivity index (χ3v) is 4.11. The Morgan fingerprint density at radius 1 is 1.25 bits per heavy atom. The Labute approximate surface area is 120 Å². The van der Waals surface area contributed by atoms with Crippen LogP contribution in [0.4, 0.5) is 0 Å². The van der Waals surface area contributed by atoms with Gasteiger partial charge in [-0.1, -0.05) is 0 Å². The zero-order valence-electron chi connectivity index (χ0n) is 12.5. The predicted octanol–water partition coefficient (Wildman–Crippen LogP) is 3.29. The van der Waals surface area contributed by atoms with Gasteiger partial charge in [-0.05, 0) is 64.0 Å². The largest absolute Gasteiger partial charge is 0.299 e. The van der Waals surface area contributed by atoms with E-state index in [-0.39, 0.29) is 0 Å². The molecule has 0 radical (unpaired) electrons. The van der Waals surface area contributed by atoms with Crippen LogP contribution in [0.15, 0.2) is 30.6 Å². The molecular formula is C16H22N4. The molecule has 4 heteroatoms. The fraction of sp³-hybridized carbons (Fsp3) is 0.500. The van der Waals surface area contributed by atoms with E-state index in [1.807, 2.05) is 23.1 Å². The van der Waals surface area contributed by atoms with Gasteiger partial charge in [0.2, 0.25) is 0 Å². The molecule has 3 rings (SSSR count). The van der Waals surface area contributed by atoms with E-state index in [0.29, 0.717) is 12.1 Å². The van der Waals surface area contributed by atoms with Gasteiger partial charge in [0, 0.05) is 24.5 Å². The fourth-order valence-electron chi connectivity index (χ4n) is 3.05. The van der Waals surface area contributed by atoms with Gasteiger partial charge in [0.05, 0.1) is 11.4 Å². The molecule has 1 fully saturated rings. The molecule has 0 amide bonds. The molecule has 1 aliphatic heterocycles. The molecule has 1 aliphatic rings. The summed E-state index contributed by atoms with van der Waals surface area (Å²) in [5.41, 5.74) is 3.49. The fourth-order valence-corrected chi connectivity index (χ4v) is 3.05. The number of nitrogens with zero attached hydrogens (tertiary/aromatic N) is 4. The van der Waals surface area contributed by atoms with E-state index in [0.717, 1.165) is 11.4 Å². The molecule has 4 nitrogen and oxygen atoms in total. The van der Waals surface area contributed by atoms with Crippen LogP contribution in [0.2, 0.25) is 0 Å². The second-order valence-electron chi connectivity index (χ2n) is 5.87. The summed E-state index contributed by atoms with van der Waals surface area (Å²) in [7, 11) is 2.20. The SMILES string of the molecule is CC(C)n1nccc1-c1cc([C@@H]2CCCN2C)ccn1. The predicted molar refractivity (Wildman–Crippen MR) is 80.4 cm³/mol. The Balaban J connectivity index is 1.97. The molecule has 0 aromatic carbocycles. The standard InChI is InChI=1S/C16H22N4/c1-12(2)20-16(7-9-18-20)14-11-13(6-8-17-14)15-5-4-10-19(15)3/h6-9,11-12,15H,4-5,10H2,1-3H3/t15-/m0/s1. The van der Waals surface area contributed by atoms with Crippen LogP contribution in [-0.4, -0.2) is 33.3 Å². The van der Waals surface area contributed by atoms with Crippen LogP contribution in [0.25, 0.3) is 11.4 Å². The molecule has 3 heterocycles. The number of aromatic nitrogens is 3. The van der Waals surface area contributed by atoms with Crippen molar-refractivity contribution in [2.24, 2.45) is 0 Å². The van der Waals surface area contributed by atoms with Crippen molar-refractivity contribution in [2.45, 2.75) is 38.8 Å². The lowest BCUT2D eigenvalue weighted by Gasteiger charge is -2.20. The van der Waals surface area contributed by atoms with E-state index in [2.05, 4.69) is 48.0 Å². The Morgan fingerprint density at radius 3 is 2.80 bits per heavy atom. The van der Waals surface area contributed by atoms with Crippen molar-refractivity contribution in [1.82, 2.24) is 19.7 Å². The average molecular weight is 270 g/mol. The lowest BCUT2D eigenvalue weighted by molar-refractivity contribution is 0.317. The smallest absolute Gasteiger partial charge is 0.0886 e. The minimum absolute atomic E-state index is 0.347. The molecule has 0 spiro atoms. The minimum Gasteiger partial charge on any atom is -0.299 e. The van der Waals surface area contributed by atoms with Gasteiger partial charge in [-0.15, -0.1) is 0 Å². The first-order valence-corrected chi connectivity index (χ1v) is 7.37. The Bertz CT molecular complexity index is 588. The highest BCUT2D eigenvalue weighted by Crippen LogP contribution is 2.32. The molecule has 0 aliphatic carbocycles. The van der Waals surface area contributed by atoms with E-state index < -0.39 is 0 Å². The first-order valence-electron chi connectivity index (χ1n) is 7.37. The maximum atomic E-state index is 4.54. The monoisotopic (exact) mass is 270 g/mol. The number of pyridine rings is 1. The summed E-state index contributed by atoms with van der Waals surface area (Å²) in [4.78, 5) is 6.97. The average Bonchev–Trinajstić information content (AvgIpc) is 3.07. The van der Waals surface area contributed by atoms with Gasteiger partial charge in [-0.25, -0.2) is 0 Å². The maximum Gasteiger partial charge on any atom is 0.0886 e. The number of hydrogen-bond acceptors (Lipinski definition) is 3. The number of likely N-dealkylation sites (tertiary alicyclic amines) is 1. The van der Waals surface area contributed by atoms with E-state index >= 15 is 0 Å². The van der Waals surface area contributed by atoms with Crippen molar-refractivity contribution in [2.75, 3.05) is 13.6 Å². The van der Waals surface area contributed by atoms with Gasteiger partial charge in [-0.2, -0.15) is 5.10 Å². The summed E-state index contributed by atoms with van der Waals surface area (Å²) >= 11 is 0. The van der Waals surface area contributed by atoms with Crippen molar-refractivity contribution in [3.05, 3.63) is 36.2 Å². The van der Waals surface area contributed by atoms with Crippen molar-refractivity contribution in [3.8, 4) is 11.4 Å². The van der Waals surface area contributed by atoms with E-state index in [9.17, 15) is 0 Å². The summed E-state index contributed by atoms with van der Waals surface area (Å²) < 4.78 is 2.03. The van der Waals surface area contributed by atoms with Crippen LogP contribution in [0.1, 0.15) is 44.3 Å². The summed E-state index contributed by atoms with van der Waals surface area (Å²) in [6.07, 6.45) is 6.30. The zero-order chi connectivity index (χ0) is 14.1. The summed E-state index contributed by atoms with van der Waals surface area (Å²) in [6, 6.07) is 7.30. The lowest BCUT2D eigenvalue weighted by atomic mass is 10.0. The molecule has 1 atom stereocenters. The van der Waals surface area contributed by atoms with Crippen LogP contribution < -0.4 is 0 Å². The van der Waals surface area contributed by atoms with Crippen molar-refractivity contribution < 1.29 is 0 Å².